The summed E-state index contributed by atoms with van der Waals surface area (Å²) in [6.07, 6.45) is 1.90. The largest absolute Gasteiger partial charge is 0.496 e. The Kier molecular flexibility index (Phi) is 8.72. The highest BCUT2D eigenvalue weighted by atomic mass is 16.5. The van der Waals surface area contributed by atoms with Crippen molar-refractivity contribution in [1.29, 1.82) is 0 Å². The van der Waals surface area contributed by atoms with E-state index in [9.17, 15) is 4.79 Å². The van der Waals surface area contributed by atoms with Gasteiger partial charge in [0.2, 0.25) is 0 Å². The number of urea groups is 1. The second kappa shape index (κ2) is 10.6. The van der Waals surface area contributed by atoms with Crippen LogP contribution in [0.4, 0.5) is 4.79 Å². The van der Waals surface area contributed by atoms with E-state index in [2.05, 4.69) is 19.2 Å². The van der Waals surface area contributed by atoms with Gasteiger partial charge in [-0.25, -0.2) is 4.79 Å². The van der Waals surface area contributed by atoms with Crippen LogP contribution >= 0.6 is 0 Å². The number of ether oxygens (including phenoxy) is 3. The van der Waals surface area contributed by atoms with Crippen molar-refractivity contribution in [3.05, 3.63) is 18.2 Å². The Balaban J connectivity index is 2.43. The van der Waals surface area contributed by atoms with E-state index in [-0.39, 0.29) is 6.03 Å². The average Bonchev–Trinajstić information content (AvgIpc) is 2.57. The number of carbonyl (C=O) groups is 1. The van der Waals surface area contributed by atoms with Crippen molar-refractivity contribution in [3.8, 4) is 17.2 Å². The van der Waals surface area contributed by atoms with Crippen LogP contribution in [0.2, 0.25) is 0 Å². The molecule has 0 saturated carbocycles. The van der Waals surface area contributed by atoms with Gasteiger partial charge in [0, 0.05) is 31.3 Å². The Bertz CT molecular complexity index is 451. The molecule has 130 valence electrons. The van der Waals surface area contributed by atoms with Crippen molar-refractivity contribution in [2.75, 3.05) is 40.5 Å². The number of amides is 2. The highest BCUT2D eigenvalue weighted by Gasteiger charge is 2.10. The average molecular weight is 324 g/mol. The minimum Gasteiger partial charge on any atom is -0.496 e. The first-order valence-corrected chi connectivity index (χ1v) is 8.03. The van der Waals surface area contributed by atoms with Gasteiger partial charge < -0.3 is 24.4 Å². The summed E-state index contributed by atoms with van der Waals surface area (Å²) in [4.78, 5) is 13.9. The number of rotatable bonds is 10. The normalized spacial score (nSPS) is 10.1. The molecule has 0 spiro atoms. The van der Waals surface area contributed by atoms with E-state index >= 15 is 0 Å². The van der Waals surface area contributed by atoms with E-state index in [1.54, 1.807) is 32.4 Å². The molecule has 0 bridgehead atoms. The minimum absolute atomic E-state index is 0.0412. The number of hydrogen-bond acceptors (Lipinski definition) is 4. The third kappa shape index (κ3) is 6.67. The van der Waals surface area contributed by atoms with E-state index < -0.39 is 0 Å². The molecule has 1 aromatic rings. The van der Waals surface area contributed by atoms with Crippen molar-refractivity contribution < 1.29 is 19.0 Å². The lowest BCUT2D eigenvalue weighted by molar-refractivity contribution is 0.194. The summed E-state index contributed by atoms with van der Waals surface area (Å²) in [5.41, 5.74) is 0. The quantitative estimate of drug-likeness (QED) is 0.672. The van der Waals surface area contributed by atoms with Crippen molar-refractivity contribution in [3.63, 3.8) is 0 Å². The zero-order valence-corrected chi connectivity index (χ0v) is 14.6. The lowest BCUT2D eigenvalue weighted by Crippen LogP contribution is -2.42. The Morgan fingerprint density at radius 1 is 1.00 bits per heavy atom. The first-order valence-electron chi connectivity index (χ1n) is 8.03. The van der Waals surface area contributed by atoms with E-state index in [4.69, 9.17) is 14.2 Å². The fourth-order valence-electron chi connectivity index (χ4n) is 2.16. The van der Waals surface area contributed by atoms with Gasteiger partial charge in [0.15, 0.2) is 0 Å². The molecular weight excluding hydrogens is 296 g/mol. The Hall–Kier alpha value is -2.11. The summed E-state index contributed by atoms with van der Waals surface area (Å²) in [7, 11) is 3.18. The van der Waals surface area contributed by atoms with Gasteiger partial charge >= 0.3 is 6.03 Å². The second-order valence-electron chi connectivity index (χ2n) is 5.12. The molecule has 1 N–H and O–H groups in total. The standard InChI is InChI=1S/C17H28N2O4/c1-5-8-19(9-6-2)17(20)18-7-10-23-16-12-14(21-3)11-15(13-16)22-4/h11-13H,5-10H2,1-4H3,(H,18,20). The third-order valence-corrected chi connectivity index (χ3v) is 3.25. The van der Waals surface area contributed by atoms with E-state index in [1.807, 2.05) is 4.90 Å². The Morgan fingerprint density at radius 2 is 1.52 bits per heavy atom. The summed E-state index contributed by atoms with van der Waals surface area (Å²) in [5, 5.41) is 2.88. The van der Waals surface area contributed by atoms with Crippen LogP contribution in [0, 0.1) is 0 Å². The highest BCUT2D eigenvalue weighted by molar-refractivity contribution is 5.74. The molecule has 0 unspecified atom stereocenters. The first kappa shape index (κ1) is 18.9. The monoisotopic (exact) mass is 324 g/mol. The van der Waals surface area contributed by atoms with Gasteiger partial charge in [-0.2, -0.15) is 0 Å². The van der Waals surface area contributed by atoms with E-state index in [1.165, 1.54) is 0 Å². The molecule has 0 heterocycles. The maximum atomic E-state index is 12.1. The summed E-state index contributed by atoms with van der Waals surface area (Å²) in [6, 6.07) is 5.30. The third-order valence-electron chi connectivity index (χ3n) is 3.25. The Labute approximate surface area is 138 Å². The minimum atomic E-state index is -0.0412. The molecule has 0 radical (unpaired) electrons. The zero-order valence-electron chi connectivity index (χ0n) is 14.6. The number of carbonyl (C=O) groups excluding carboxylic acids is 1. The van der Waals surface area contributed by atoms with Crippen LogP contribution in [0.1, 0.15) is 26.7 Å². The zero-order chi connectivity index (χ0) is 17.1. The van der Waals surface area contributed by atoms with Gasteiger partial charge in [0.25, 0.3) is 0 Å². The molecule has 6 heteroatoms. The van der Waals surface area contributed by atoms with Gasteiger partial charge in [-0.05, 0) is 12.8 Å². The highest BCUT2D eigenvalue weighted by Crippen LogP contribution is 2.27. The number of nitrogens with one attached hydrogen (secondary N) is 1. The maximum absolute atomic E-state index is 12.1. The summed E-state index contributed by atoms with van der Waals surface area (Å²) < 4.78 is 16.0. The van der Waals surface area contributed by atoms with Crippen LogP contribution in [0.25, 0.3) is 0 Å². The van der Waals surface area contributed by atoms with Crippen molar-refractivity contribution in [2.24, 2.45) is 0 Å². The molecule has 0 saturated heterocycles. The number of benzene rings is 1. The predicted octanol–water partition coefficient (Wildman–Crippen LogP) is 2.91. The summed E-state index contributed by atoms with van der Waals surface area (Å²) in [5.74, 6) is 1.98. The summed E-state index contributed by atoms with van der Waals surface area (Å²) in [6.45, 7) is 6.50. The lowest BCUT2D eigenvalue weighted by Gasteiger charge is -2.21. The number of nitrogens with zero attached hydrogens (tertiary/aromatic N) is 1. The number of hydrogen-bond donors (Lipinski definition) is 1. The van der Waals surface area contributed by atoms with E-state index in [0.29, 0.717) is 30.4 Å². The van der Waals surface area contributed by atoms with Gasteiger partial charge in [0.1, 0.15) is 23.9 Å². The topological polar surface area (TPSA) is 60.0 Å². The fourth-order valence-corrected chi connectivity index (χ4v) is 2.16. The van der Waals surface area contributed by atoms with Crippen LogP contribution in [-0.2, 0) is 0 Å². The molecule has 0 aliphatic heterocycles. The molecule has 0 aromatic heterocycles. The SMILES string of the molecule is CCCN(CCC)C(=O)NCCOc1cc(OC)cc(OC)c1. The van der Waals surface area contributed by atoms with Crippen LogP contribution in [-0.4, -0.2) is 51.4 Å². The van der Waals surface area contributed by atoms with Gasteiger partial charge in [0.05, 0.1) is 20.8 Å². The lowest BCUT2D eigenvalue weighted by atomic mass is 10.3. The van der Waals surface area contributed by atoms with Crippen molar-refractivity contribution in [2.45, 2.75) is 26.7 Å². The molecule has 0 aliphatic rings. The maximum Gasteiger partial charge on any atom is 0.317 e. The molecule has 6 nitrogen and oxygen atoms in total. The molecular formula is C17H28N2O4. The fraction of sp³-hybridized carbons (Fsp3) is 0.588. The van der Waals surface area contributed by atoms with Crippen LogP contribution in [0.3, 0.4) is 0 Å². The van der Waals surface area contributed by atoms with Gasteiger partial charge in [-0.1, -0.05) is 13.8 Å². The van der Waals surface area contributed by atoms with Crippen molar-refractivity contribution >= 4 is 6.03 Å². The molecule has 0 fully saturated rings. The molecule has 1 rings (SSSR count). The smallest absolute Gasteiger partial charge is 0.317 e. The summed E-state index contributed by atoms with van der Waals surface area (Å²) >= 11 is 0. The molecule has 2 amide bonds. The molecule has 0 aliphatic carbocycles. The number of methoxy groups -OCH3 is 2. The first-order chi connectivity index (χ1) is 11.1. The molecule has 0 atom stereocenters. The van der Waals surface area contributed by atoms with E-state index in [0.717, 1.165) is 25.9 Å². The van der Waals surface area contributed by atoms with Crippen LogP contribution in [0.15, 0.2) is 18.2 Å². The predicted molar refractivity (Wildman–Crippen MR) is 90.6 cm³/mol. The van der Waals surface area contributed by atoms with Crippen molar-refractivity contribution in [1.82, 2.24) is 10.2 Å². The van der Waals surface area contributed by atoms with Gasteiger partial charge in [-0.3, -0.25) is 0 Å². The molecule has 23 heavy (non-hydrogen) atoms. The second-order valence-corrected chi connectivity index (χ2v) is 5.12. The van der Waals surface area contributed by atoms with Gasteiger partial charge in [-0.15, -0.1) is 0 Å². The van der Waals surface area contributed by atoms with Crippen LogP contribution < -0.4 is 19.5 Å². The molecule has 1 aromatic carbocycles. The Morgan fingerprint density at radius 3 is 2.00 bits per heavy atom. The van der Waals surface area contributed by atoms with Crippen LogP contribution in [0.5, 0.6) is 17.2 Å².